The lowest BCUT2D eigenvalue weighted by atomic mass is 9.94. The minimum atomic E-state index is -0.549. The fourth-order valence-electron chi connectivity index (χ4n) is 3.48. The van der Waals surface area contributed by atoms with E-state index in [-0.39, 0.29) is 18.5 Å². The lowest BCUT2D eigenvalue weighted by molar-refractivity contribution is -0.118. The van der Waals surface area contributed by atoms with E-state index in [1.54, 1.807) is 12.3 Å². The number of hydrogen-bond donors (Lipinski definition) is 1. The van der Waals surface area contributed by atoms with Gasteiger partial charge in [0.1, 0.15) is 5.82 Å². The van der Waals surface area contributed by atoms with Crippen LogP contribution in [0.1, 0.15) is 28.8 Å². The van der Waals surface area contributed by atoms with E-state index >= 15 is 0 Å². The SMILES string of the molecule is O=C(Nc1ncc(Cc2ccc(F)cc2Cl)s1)C1(c2ccc3c(c2)OCO3)CC1. The van der Waals surface area contributed by atoms with Gasteiger partial charge in [-0.25, -0.2) is 9.37 Å². The van der Waals surface area contributed by atoms with Crippen LogP contribution in [-0.4, -0.2) is 17.7 Å². The quantitative estimate of drug-likeness (QED) is 0.623. The lowest BCUT2D eigenvalue weighted by Crippen LogP contribution is -2.27. The van der Waals surface area contributed by atoms with E-state index in [0.717, 1.165) is 28.8 Å². The summed E-state index contributed by atoms with van der Waals surface area (Å²) in [6.45, 7) is 0.206. The number of amides is 1. The lowest BCUT2D eigenvalue weighted by Gasteiger charge is -2.15. The predicted molar refractivity (Wildman–Crippen MR) is 108 cm³/mol. The zero-order valence-electron chi connectivity index (χ0n) is 15.2. The summed E-state index contributed by atoms with van der Waals surface area (Å²) in [4.78, 5) is 18.2. The van der Waals surface area contributed by atoms with Gasteiger partial charge in [0.05, 0.1) is 5.41 Å². The van der Waals surface area contributed by atoms with E-state index in [0.29, 0.717) is 28.1 Å². The molecule has 2 heterocycles. The molecule has 8 heteroatoms. The van der Waals surface area contributed by atoms with Gasteiger partial charge in [-0.15, -0.1) is 11.3 Å². The van der Waals surface area contributed by atoms with E-state index < -0.39 is 5.41 Å². The maximum absolute atomic E-state index is 13.2. The van der Waals surface area contributed by atoms with Crippen LogP contribution in [-0.2, 0) is 16.6 Å². The predicted octanol–water partition coefficient (Wildman–Crippen LogP) is 4.93. The van der Waals surface area contributed by atoms with Crippen molar-refractivity contribution in [3.63, 3.8) is 0 Å². The van der Waals surface area contributed by atoms with E-state index in [9.17, 15) is 9.18 Å². The molecule has 1 aromatic heterocycles. The van der Waals surface area contributed by atoms with Gasteiger partial charge in [0.2, 0.25) is 12.7 Å². The Labute approximate surface area is 175 Å². The van der Waals surface area contributed by atoms with Crippen molar-refractivity contribution in [1.29, 1.82) is 0 Å². The molecule has 0 spiro atoms. The van der Waals surface area contributed by atoms with Crippen LogP contribution in [0.3, 0.4) is 0 Å². The van der Waals surface area contributed by atoms with Crippen molar-refractivity contribution < 1.29 is 18.7 Å². The van der Waals surface area contributed by atoms with E-state index in [1.807, 2.05) is 18.2 Å². The van der Waals surface area contributed by atoms with E-state index in [1.165, 1.54) is 23.5 Å². The number of benzene rings is 2. The standard InChI is InChI=1S/C21H16ClFN2O3S/c22-16-9-14(23)3-1-12(16)7-15-10-24-20(29-15)25-19(26)21(5-6-21)13-2-4-17-18(8-13)28-11-27-17/h1-4,8-10H,5-7,11H2,(H,24,25,26). The van der Waals surface area contributed by atoms with Gasteiger partial charge in [-0.05, 0) is 48.2 Å². The van der Waals surface area contributed by atoms with E-state index in [2.05, 4.69) is 10.3 Å². The first kappa shape index (κ1) is 18.4. The minimum Gasteiger partial charge on any atom is -0.454 e. The van der Waals surface area contributed by atoms with Crippen LogP contribution >= 0.6 is 22.9 Å². The molecule has 148 valence electrons. The van der Waals surface area contributed by atoms with Gasteiger partial charge in [0.25, 0.3) is 0 Å². The molecular formula is C21H16ClFN2O3S. The molecule has 1 fully saturated rings. The Kier molecular flexibility index (Phi) is 4.44. The van der Waals surface area contributed by atoms with Crippen LogP contribution in [0.25, 0.3) is 0 Å². The second-order valence-corrected chi connectivity index (χ2v) is 8.67. The summed E-state index contributed by atoms with van der Waals surface area (Å²) in [7, 11) is 0. The molecule has 29 heavy (non-hydrogen) atoms. The molecule has 0 radical (unpaired) electrons. The van der Waals surface area contributed by atoms with Crippen molar-refractivity contribution >= 4 is 34.0 Å². The molecule has 1 aliphatic heterocycles. The third kappa shape index (κ3) is 3.45. The third-order valence-electron chi connectivity index (χ3n) is 5.26. The van der Waals surface area contributed by atoms with Gasteiger partial charge >= 0.3 is 0 Å². The number of nitrogens with one attached hydrogen (secondary N) is 1. The molecule has 5 rings (SSSR count). The van der Waals surface area contributed by atoms with Crippen LogP contribution in [0.15, 0.2) is 42.6 Å². The molecule has 0 unspecified atom stereocenters. The van der Waals surface area contributed by atoms with Gasteiger partial charge in [-0.2, -0.15) is 0 Å². The molecule has 0 saturated heterocycles. The summed E-state index contributed by atoms with van der Waals surface area (Å²) in [5.41, 5.74) is 1.19. The van der Waals surface area contributed by atoms with Gasteiger partial charge < -0.3 is 14.8 Å². The Morgan fingerprint density at radius 3 is 2.83 bits per heavy atom. The first-order valence-electron chi connectivity index (χ1n) is 9.14. The molecule has 0 bridgehead atoms. The summed E-state index contributed by atoms with van der Waals surface area (Å²) in [5.74, 6) is 0.939. The number of nitrogens with zero attached hydrogens (tertiary/aromatic N) is 1. The summed E-state index contributed by atoms with van der Waals surface area (Å²) >= 11 is 7.49. The smallest absolute Gasteiger partial charge is 0.236 e. The van der Waals surface area contributed by atoms with Crippen LogP contribution in [0, 0.1) is 5.82 Å². The van der Waals surface area contributed by atoms with Crippen LogP contribution in [0.4, 0.5) is 9.52 Å². The van der Waals surface area contributed by atoms with Gasteiger partial charge in [0.15, 0.2) is 16.6 Å². The maximum Gasteiger partial charge on any atom is 0.236 e. The Bertz CT molecular complexity index is 1110. The van der Waals surface area contributed by atoms with Crippen molar-refractivity contribution in [3.8, 4) is 11.5 Å². The number of carbonyl (C=O) groups excluding carboxylic acids is 1. The van der Waals surface area contributed by atoms with E-state index in [4.69, 9.17) is 21.1 Å². The highest BCUT2D eigenvalue weighted by Gasteiger charge is 2.52. The number of fused-ring (bicyclic) bond motifs is 1. The molecule has 3 aromatic rings. The first-order chi connectivity index (χ1) is 14.0. The Morgan fingerprint density at radius 1 is 1.21 bits per heavy atom. The normalized spacial score (nSPS) is 15.9. The van der Waals surface area contributed by atoms with Crippen molar-refractivity contribution in [2.24, 2.45) is 0 Å². The monoisotopic (exact) mass is 430 g/mol. The number of thiazole rings is 1. The second-order valence-electron chi connectivity index (χ2n) is 7.15. The van der Waals surface area contributed by atoms with Crippen LogP contribution in [0.5, 0.6) is 11.5 Å². The van der Waals surface area contributed by atoms with Crippen molar-refractivity contribution in [2.45, 2.75) is 24.7 Å². The largest absolute Gasteiger partial charge is 0.454 e. The zero-order chi connectivity index (χ0) is 20.0. The number of carbonyl (C=O) groups is 1. The Balaban J connectivity index is 1.30. The van der Waals surface area contributed by atoms with Crippen molar-refractivity contribution in [1.82, 2.24) is 4.98 Å². The summed E-state index contributed by atoms with van der Waals surface area (Å²) in [6.07, 6.45) is 3.80. The topological polar surface area (TPSA) is 60.5 Å². The van der Waals surface area contributed by atoms with Gasteiger partial charge in [-0.1, -0.05) is 23.7 Å². The minimum absolute atomic E-state index is 0.0721. The second kappa shape index (κ2) is 7.00. The Hall–Kier alpha value is -2.64. The first-order valence-corrected chi connectivity index (χ1v) is 10.3. The maximum atomic E-state index is 13.2. The summed E-state index contributed by atoms with van der Waals surface area (Å²) in [6, 6.07) is 9.99. The molecule has 2 aliphatic rings. The average molecular weight is 431 g/mol. The van der Waals surface area contributed by atoms with Crippen LogP contribution < -0.4 is 14.8 Å². The molecule has 0 atom stereocenters. The molecule has 1 amide bonds. The van der Waals surface area contributed by atoms with Crippen molar-refractivity contribution in [3.05, 3.63) is 69.4 Å². The fraction of sp³-hybridized carbons (Fsp3) is 0.238. The number of ether oxygens (including phenoxy) is 2. The number of rotatable bonds is 5. The van der Waals surface area contributed by atoms with Gasteiger partial charge in [0, 0.05) is 22.5 Å². The highest BCUT2D eigenvalue weighted by Crippen LogP contribution is 2.51. The molecular weight excluding hydrogens is 415 g/mol. The number of halogens is 2. The molecule has 2 aromatic carbocycles. The number of hydrogen-bond acceptors (Lipinski definition) is 5. The van der Waals surface area contributed by atoms with Crippen molar-refractivity contribution in [2.75, 3.05) is 12.1 Å². The fourth-order valence-corrected chi connectivity index (χ4v) is 4.55. The summed E-state index contributed by atoms with van der Waals surface area (Å²) < 4.78 is 24.0. The van der Waals surface area contributed by atoms with Gasteiger partial charge in [-0.3, -0.25) is 4.79 Å². The zero-order valence-corrected chi connectivity index (χ0v) is 16.8. The molecule has 1 N–H and O–H groups in total. The number of anilines is 1. The summed E-state index contributed by atoms with van der Waals surface area (Å²) in [5, 5.41) is 3.86. The Morgan fingerprint density at radius 2 is 2.03 bits per heavy atom. The average Bonchev–Trinajstić information content (AvgIpc) is 3.18. The molecule has 5 nitrogen and oxygen atoms in total. The highest BCUT2D eigenvalue weighted by atomic mass is 35.5. The molecule has 1 aliphatic carbocycles. The number of aromatic nitrogens is 1. The highest BCUT2D eigenvalue weighted by molar-refractivity contribution is 7.15. The third-order valence-corrected chi connectivity index (χ3v) is 6.53. The molecule has 1 saturated carbocycles. The van der Waals surface area contributed by atoms with Crippen LogP contribution in [0.2, 0.25) is 5.02 Å².